The van der Waals surface area contributed by atoms with Crippen LogP contribution in [-0.2, 0) is 4.74 Å². The number of rotatable bonds is 5. The topological polar surface area (TPSA) is 64.8 Å². The van der Waals surface area contributed by atoms with Crippen molar-refractivity contribution in [3.05, 3.63) is 23.8 Å². The maximum absolute atomic E-state index is 12.7. The maximum atomic E-state index is 12.7. The quantitative estimate of drug-likeness (QED) is 0.846. The van der Waals surface area contributed by atoms with Crippen molar-refractivity contribution >= 4 is 11.6 Å². The first-order chi connectivity index (χ1) is 10.2. The predicted molar refractivity (Wildman–Crippen MR) is 82.6 cm³/mol. The van der Waals surface area contributed by atoms with E-state index in [0.29, 0.717) is 36.7 Å². The molecule has 21 heavy (non-hydrogen) atoms. The van der Waals surface area contributed by atoms with E-state index in [0.717, 1.165) is 19.4 Å². The maximum Gasteiger partial charge on any atom is 0.259 e. The number of likely N-dealkylation sites (tertiary alicyclic amines) is 1. The van der Waals surface area contributed by atoms with E-state index in [-0.39, 0.29) is 12.0 Å². The number of hydrogen-bond donors (Lipinski definition) is 1. The molecular weight excluding hydrogens is 268 g/mol. The van der Waals surface area contributed by atoms with Crippen molar-refractivity contribution < 1.29 is 14.3 Å². The molecular formula is C16H24N2O3. The van der Waals surface area contributed by atoms with Gasteiger partial charge in [0.05, 0.1) is 12.7 Å². The van der Waals surface area contributed by atoms with Gasteiger partial charge in [-0.2, -0.15) is 0 Å². The Labute approximate surface area is 126 Å². The van der Waals surface area contributed by atoms with E-state index < -0.39 is 0 Å². The van der Waals surface area contributed by atoms with E-state index in [4.69, 9.17) is 15.2 Å². The molecule has 0 unspecified atom stereocenters. The van der Waals surface area contributed by atoms with Crippen LogP contribution in [0.2, 0.25) is 0 Å². The molecule has 0 atom stereocenters. The average molecular weight is 292 g/mol. The zero-order valence-corrected chi connectivity index (χ0v) is 12.8. The summed E-state index contributed by atoms with van der Waals surface area (Å²) in [5.74, 6) is 0.515. The molecule has 1 aliphatic heterocycles. The molecule has 0 aliphatic carbocycles. The highest BCUT2D eigenvalue weighted by Gasteiger charge is 2.27. The molecule has 2 N–H and O–H groups in total. The fraction of sp³-hybridized carbons (Fsp3) is 0.562. The number of ether oxygens (including phenoxy) is 2. The fourth-order valence-electron chi connectivity index (χ4n) is 2.67. The Bertz CT molecular complexity index is 482. The lowest BCUT2D eigenvalue weighted by atomic mass is 10.0. The number of anilines is 1. The first-order valence-corrected chi connectivity index (χ1v) is 7.59. The Kier molecular flexibility index (Phi) is 5.44. The van der Waals surface area contributed by atoms with Gasteiger partial charge in [0.1, 0.15) is 11.3 Å². The first kappa shape index (κ1) is 15.6. The van der Waals surface area contributed by atoms with Crippen molar-refractivity contribution in [3.63, 3.8) is 0 Å². The summed E-state index contributed by atoms with van der Waals surface area (Å²) in [7, 11) is 0. The molecule has 0 radical (unpaired) electrons. The van der Waals surface area contributed by atoms with Crippen LogP contribution in [0.1, 0.15) is 37.0 Å². The number of nitrogen functional groups attached to an aromatic ring is 1. The monoisotopic (exact) mass is 292 g/mol. The fourth-order valence-corrected chi connectivity index (χ4v) is 2.67. The SMILES string of the molecule is CCOc1cccc(N)c1C(=O)N1CCC(OCC)CC1. The van der Waals surface area contributed by atoms with Gasteiger partial charge in [0.15, 0.2) is 0 Å². The second-order valence-corrected chi connectivity index (χ2v) is 5.10. The molecule has 1 heterocycles. The molecule has 1 aromatic carbocycles. The van der Waals surface area contributed by atoms with Gasteiger partial charge in [-0.05, 0) is 38.8 Å². The summed E-state index contributed by atoms with van der Waals surface area (Å²) in [5, 5.41) is 0. The third-order valence-electron chi connectivity index (χ3n) is 3.70. The Balaban J connectivity index is 2.10. The number of nitrogens with zero attached hydrogens (tertiary/aromatic N) is 1. The minimum Gasteiger partial charge on any atom is -0.493 e. The number of benzene rings is 1. The number of hydrogen-bond acceptors (Lipinski definition) is 4. The van der Waals surface area contributed by atoms with E-state index in [1.165, 1.54) is 0 Å². The van der Waals surface area contributed by atoms with Crippen molar-refractivity contribution in [2.75, 3.05) is 32.0 Å². The Morgan fingerprint density at radius 2 is 2.00 bits per heavy atom. The van der Waals surface area contributed by atoms with Crippen LogP contribution in [0.25, 0.3) is 0 Å². The van der Waals surface area contributed by atoms with E-state index in [2.05, 4.69) is 0 Å². The third-order valence-corrected chi connectivity index (χ3v) is 3.70. The normalized spacial score (nSPS) is 16.0. The first-order valence-electron chi connectivity index (χ1n) is 7.59. The molecule has 1 fully saturated rings. The van der Waals surface area contributed by atoms with Crippen molar-refractivity contribution in [3.8, 4) is 5.75 Å². The Morgan fingerprint density at radius 1 is 1.29 bits per heavy atom. The van der Waals surface area contributed by atoms with Crippen LogP contribution >= 0.6 is 0 Å². The molecule has 1 saturated heterocycles. The zero-order valence-electron chi connectivity index (χ0n) is 12.8. The number of carbonyl (C=O) groups is 1. The van der Waals surface area contributed by atoms with Crippen LogP contribution in [0.3, 0.4) is 0 Å². The summed E-state index contributed by atoms with van der Waals surface area (Å²) in [6.07, 6.45) is 2.01. The molecule has 1 aromatic rings. The molecule has 5 heteroatoms. The molecule has 0 saturated carbocycles. The summed E-state index contributed by atoms with van der Waals surface area (Å²) < 4.78 is 11.2. The van der Waals surface area contributed by atoms with Crippen LogP contribution in [0.15, 0.2) is 18.2 Å². The molecule has 0 spiro atoms. The Morgan fingerprint density at radius 3 is 2.62 bits per heavy atom. The average Bonchev–Trinajstić information content (AvgIpc) is 2.48. The van der Waals surface area contributed by atoms with E-state index in [1.807, 2.05) is 18.7 Å². The highest BCUT2D eigenvalue weighted by Crippen LogP contribution is 2.27. The van der Waals surface area contributed by atoms with Crippen LogP contribution in [0, 0.1) is 0 Å². The molecule has 116 valence electrons. The van der Waals surface area contributed by atoms with E-state index in [9.17, 15) is 4.79 Å². The lowest BCUT2D eigenvalue weighted by Crippen LogP contribution is -2.41. The summed E-state index contributed by atoms with van der Waals surface area (Å²) in [6, 6.07) is 5.33. The second-order valence-electron chi connectivity index (χ2n) is 5.10. The highest BCUT2D eigenvalue weighted by atomic mass is 16.5. The van der Waals surface area contributed by atoms with Gasteiger partial charge >= 0.3 is 0 Å². The smallest absolute Gasteiger partial charge is 0.259 e. The standard InChI is InChI=1S/C16H24N2O3/c1-3-20-12-8-10-18(11-9-12)16(19)15-13(17)6-5-7-14(15)21-4-2/h5-7,12H,3-4,8-11,17H2,1-2H3. The largest absolute Gasteiger partial charge is 0.493 e. The number of carbonyl (C=O) groups excluding carboxylic acids is 1. The van der Waals surface area contributed by atoms with Crippen molar-refractivity contribution in [1.82, 2.24) is 4.90 Å². The number of nitrogens with two attached hydrogens (primary N) is 1. The zero-order chi connectivity index (χ0) is 15.2. The van der Waals surface area contributed by atoms with Crippen LogP contribution in [0.4, 0.5) is 5.69 Å². The summed E-state index contributed by atoms with van der Waals surface area (Å²) >= 11 is 0. The van der Waals surface area contributed by atoms with Crippen molar-refractivity contribution in [2.45, 2.75) is 32.8 Å². The van der Waals surface area contributed by atoms with Gasteiger partial charge in [-0.3, -0.25) is 4.79 Å². The van der Waals surface area contributed by atoms with Gasteiger partial charge < -0.3 is 20.1 Å². The van der Waals surface area contributed by atoms with Gasteiger partial charge in [0.25, 0.3) is 5.91 Å². The summed E-state index contributed by atoms with van der Waals surface area (Å²) in [5.41, 5.74) is 6.93. The lowest BCUT2D eigenvalue weighted by Gasteiger charge is -2.32. The molecule has 0 aromatic heterocycles. The van der Waals surface area contributed by atoms with Gasteiger partial charge in [0, 0.05) is 25.4 Å². The highest BCUT2D eigenvalue weighted by molar-refractivity contribution is 6.01. The van der Waals surface area contributed by atoms with Crippen molar-refractivity contribution in [1.29, 1.82) is 0 Å². The Hall–Kier alpha value is -1.75. The summed E-state index contributed by atoms with van der Waals surface area (Å²) in [4.78, 5) is 14.5. The summed E-state index contributed by atoms with van der Waals surface area (Å²) in [6.45, 7) is 6.52. The van der Waals surface area contributed by atoms with Gasteiger partial charge in [0.2, 0.25) is 0 Å². The molecule has 0 bridgehead atoms. The van der Waals surface area contributed by atoms with E-state index in [1.54, 1.807) is 18.2 Å². The minimum atomic E-state index is -0.0495. The van der Waals surface area contributed by atoms with Gasteiger partial charge in [-0.25, -0.2) is 0 Å². The second kappa shape index (κ2) is 7.31. The molecule has 1 aliphatic rings. The lowest BCUT2D eigenvalue weighted by molar-refractivity contribution is 0.0145. The molecule has 1 amide bonds. The number of piperidine rings is 1. The van der Waals surface area contributed by atoms with Crippen LogP contribution < -0.4 is 10.5 Å². The minimum absolute atomic E-state index is 0.0495. The van der Waals surface area contributed by atoms with Crippen LogP contribution in [-0.4, -0.2) is 43.2 Å². The molecule has 5 nitrogen and oxygen atoms in total. The van der Waals surface area contributed by atoms with Crippen molar-refractivity contribution in [2.24, 2.45) is 0 Å². The van der Waals surface area contributed by atoms with Crippen LogP contribution in [0.5, 0.6) is 5.75 Å². The predicted octanol–water partition coefficient (Wildman–Crippen LogP) is 2.31. The third kappa shape index (κ3) is 3.67. The molecule has 2 rings (SSSR count). The number of amides is 1. The van der Waals surface area contributed by atoms with E-state index >= 15 is 0 Å². The van der Waals surface area contributed by atoms with Gasteiger partial charge in [-0.1, -0.05) is 6.07 Å². The van der Waals surface area contributed by atoms with Gasteiger partial charge in [-0.15, -0.1) is 0 Å².